The number of terminal acetylenes is 1. The first-order valence-electron chi connectivity index (χ1n) is 8.59. The Morgan fingerprint density at radius 1 is 1.27 bits per heavy atom. The molecule has 0 aliphatic carbocycles. The quantitative estimate of drug-likeness (QED) is 0.502. The summed E-state index contributed by atoms with van der Waals surface area (Å²) < 4.78 is 11.2. The van der Waals surface area contributed by atoms with Gasteiger partial charge in [0.2, 0.25) is 0 Å². The molecule has 1 aromatic heterocycles. The third kappa shape index (κ3) is 5.28. The number of carbonyl (C=O) groups is 1. The van der Waals surface area contributed by atoms with Crippen LogP contribution < -0.4 is 9.47 Å². The fourth-order valence-corrected chi connectivity index (χ4v) is 2.63. The maximum absolute atomic E-state index is 11.4. The maximum atomic E-state index is 11.4. The summed E-state index contributed by atoms with van der Waals surface area (Å²) in [7, 11) is 0. The minimum absolute atomic E-state index is 0.0877. The average molecular weight is 356 g/mol. The smallest absolute Gasteiger partial charge is 0.339 e. The second-order valence-corrected chi connectivity index (χ2v) is 5.98. The topological polar surface area (TPSA) is 84.4 Å². The minimum Gasteiger partial charge on any atom is -0.494 e. The monoisotopic (exact) mass is 356 g/mol. The molecular formula is C20H24N2O4. The number of aromatic nitrogens is 2. The average Bonchev–Trinajstić information content (AvgIpc) is 2.94. The second kappa shape index (κ2) is 9.52. The molecule has 6 nitrogen and oxygen atoms in total. The van der Waals surface area contributed by atoms with Crippen molar-refractivity contribution in [2.24, 2.45) is 0 Å². The first-order chi connectivity index (χ1) is 12.5. The molecule has 0 bridgehead atoms. The van der Waals surface area contributed by atoms with E-state index in [0.29, 0.717) is 37.6 Å². The van der Waals surface area contributed by atoms with Gasteiger partial charge in [-0.2, -0.15) is 5.10 Å². The summed E-state index contributed by atoms with van der Waals surface area (Å²) in [4.78, 5) is 11.4. The van der Waals surface area contributed by atoms with Gasteiger partial charge in [-0.15, -0.1) is 12.3 Å². The molecule has 0 amide bonds. The third-order valence-corrected chi connectivity index (χ3v) is 4.03. The number of carboxylic acids is 1. The van der Waals surface area contributed by atoms with E-state index >= 15 is 0 Å². The fourth-order valence-electron chi connectivity index (χ4n) is 2.63. The van der Waals surface area contributed by atoms with Crippen molar-refractivity contribution in [2.45, 2.75) is 39.5 Å². The lowest BCUT2D eigenvalue weighted by Crippen LogP contribution is -2.06. The maximum Gasteiger partial charge on any atom is 0.339 e. The highest BCUT2D eigenvalue weighted by Crippen LogP contribution is 2.25. The van der Waals surface area contributed by atoms with Gasteiger partial charge < -0.3 is 14.6 Å². The highest BCUT2D eigenvalue weighted by Gasteiger charge is 2.13. The molecule has 1 heterocycles. The Hall–Kier alpha value is -2.94. The van der Waals surface area contributed by atoms with E-state index in [1.807, 2.05) is 13.8 Å². The Labute approximate surface area is 153 Å². The van der Waals surface area contributed by atoms with Crippen molar-refractivity contribution in [3.8, 4) is 23.8 Å². The number of hydrogen-bond acceptors (Lipinski definition) is 4. The Morgan fingerprint density at radius 2 is 2.04 bits per heavy atom. The summed E-state index contributed by atoms with van der Waals surface area (Å²) in [6.45, 7) is 4.85. The van der Waals surface area contributed by atoms with Crippen molar-refractivity contribution in [3.05, 3.63) is 40.7 Å². The molecule has 26 heavy (non-hydrogen) atoms. The standard InChI is InChI=1S/C20H24N2O4/c1-4-5-6-11-26-19-10-9-16(13-18(19)20(23)24)25-12-7-8-17-14(2)21-22-15(17)3/h1,9-10,13H,5-8,11-12H2,2-3H3,(H,21,22)(H,23,24). The number of ether oxygens (including phenoxy) is 2. The molecule has 0 saturated carbocycles. The number of nitrogens with zero attached hydrogens (tertiary/aromatic N) is 1. The molecule has 6 heteroatoms. The second-order valence-electron chi connectivity index (χ2n) is 5.98. The molecule has 0 unspecified atom stereocenters. The van der Waals surface area contributed by atoms with Gasteiger partial charge in [-0.05, 0) is 56.9 Å². The van der Waals surface area contributed by atoms with Crippen LogP contribution >= 0.6 is 0 Å². The number of aromatic carboxylic acids is 1. The highest BCUT2D eigenvalue weighted by atomic mass is 16.5. The van der Waals surface area contributed by atoms with Crippen molar-refractivity contribution < 1.29 is 19.4 Å². The zero-order valence-corrected chi connectivity index (χ0v) is 15.2. The molecule has 0 saturated heterocycles. The normalized spacial score (nSPS) is 10.3. The van der Waals surface area contributed by atoms with E-state index in [9.17, 15) is 9.90 Å². The predicted octanol–water partition coefficient (Wildman–Crippen LogP) is 3.53. The number of benzene rings is 1. The molecule has 138 valence electrons. The summed E-state index contributed by atoms with van der Waals surface area (Å²) in [5, 5.41) is 16.5. The zero-order chi connectivity index (χ0) is 18.9. The van der Waals surface area contributed by atoms with E-state index in [0.717, 1.165) is 24.2 Å². The van der Waals surface area contributed by atoms with Crippen molar-refractivity contribution >= 4 is 5.97 Å². The minimum atomic E-state index is -1.05. The van der Waals surface area contributed by atoms with Crippen LogP contribution in [0.4, 0.5) is 0 Å². The van der Waals surface area contributed by atoms with Gasteiger partial charge in [0.15, 0.2) is 0 Å². The van der Waals surface area contributed by atoms with Gasteiger partial charge in [-0.25, -0.2) is 4.79 Å². The SMILES string of the molecule is C#CCCCOc1ccc(OCCCc2c(C)n[nH]c2C)cc1C(=O)O. The van der Waals surface area contributed by atoms with Gasteiger partial charge in [0.25, 0.3) is 0 Å². The Balaban J connectivity index is 1.90. The molecule has 1 aromatic carbocycles. The van der Waals surface area contributed by atoms with Crippen molar-refractivity contribution in [2.75, 3.05) is 13.2 Å². The van der Waals surface area contributed by atoms with E-state index in [-0.39, 0.29) is 5.56 Å². The Morgan fingerprint density at radius 3 is 2.69 bits per heavy atom. The number of rotatable bonds is 10. The van der Waals surface area contributed by atoms with E-state index in [2.05, 4.69) is 16.1 Å². The lowest BCUT2D eigenvalue weighted by molar-refractivity contribution is 0.0691. The van der Waals surface area contributed by atoms with Gasteiger partial charge in [-0.3, -0.25) is 5.10 Å². The first kappa shape index (κ1) is 19.4. The Bertz CT molecular complexity index is 770. The van der Waals surface area contributed by atoms with Gasteiger partial charge in [0, 0.05) is 12.1 Å². The summed E-state index contributed by atoms with van der Waals surface area (Å²) in [6.07, 6.45) is 8.14. The molecule has 2 N–H and O–H groups in total. The van der Waals surface area contributed by atoms with Gasteiger partial charge >= 0.3 is 5.97 Å². The van der Waals surface area contributed by atoms with Gasteiger partial charge in [0.05, 0.1) is 18.9 Å². The molecule has 0 spiro atoms. The van der Waals surface area contributed by atoms with Crippen LogP contribution in [0.25, 0.3) is 0 Å². The predicted molar refractivity (Wildman–Crippen MR) is 98.8 cm³/mol. The molecule has 2 aromatic rings. The van der Waals surface area contributed by atoms with Crippen LogP contribution in [0.15, 0.2) is 18.2 Å². The zero-order valence-electron chi connectivity index (χ0n) is 15.2. The Kier molecular flexibility index (Phi) is 7.10. The van der Waals surface area contributed by atoms with E-state index in [1.165, 1.54) is 11.6 Å². The van der Waals surface area contributed by atoms with Crippen LogP contribution in [0.3, 0.4) is 0 Å². The van der Waals surface area contributed by atoms with Crippen LogP contribution in [0.2, 0.25) is 0 Å². The summed E-state index contributed by atoms with van der Waals surface area (Å²) in [5.74, 6) is 2.31. The number of unbranched alkanes of at least 4 members (excludes halogenated alkanes) is 1. The number of aryl methyl sites for hydroxylation is 2. The van der Waals surface area contributed by atoms with Crippen LogP contribution in [-0.4, -0.2) is 34.5 Å². The third-order valence-electron chi connectivity index (χ3n) is 4.03. The lowest BCUT2D eigenvalue weighted by Gasteiger charge is -2.11. The number of hydrogen-bond donors (Lipinski definition) is 2. The number of carboxylic acid groups (broad SMARTS) is 1. The van der Waals surface area contributed by atoms with Crippen LogP contribution in [0.1, 0.15) is 46.6 Å². The number of H-pyrrole nitrogens is 1. The molecule has 2 rings (SSSR count). The molecule has 0 fully saturated rings. The van der Waals surface area contributed by atoms with Crippen LogP contribution in [0.5, 0.6) is 11.5 Å². The van der Waals surface area contributed by atoms with Crippen LogP contribution in [0, 0.1) is 26.2 Å². The fraction of sp³-hybridized carbons (Fsp3) is 0.400. The number of aromatic amines is 1. The molecule has 0 aliphatic heterocycles. The van der Waals surface area contributed by atoms with E-state index in [4.69, 9.17) is 15.9 Å². The molecular weight excluding hydrogens is 332 g/mol. The largest absolute Gasteiger partial charge is 0.494 e. The molecule has 0 radical (unpaired) electrons. The van der Waals surface area contributed by atoms with E-state index in [1.54, 1.807) is 12.1 Å². The summed E-state index contributed by atoms with van der Waals surface area (Å²) >= 11 is 0. The van der Waals surface area contributed by atoms with Crippen molar-refractivity contribution in [1.29, 1.82) is 0 Å². The van der Waals surface area contributed by atoms with Crippen LogP contribution in [-0.2, 0) is 6.42 Å². The lowest BCUT2D eigenvalue weighted by atomic mass is 10.1. The summed E-state index contributed by atoms with van der Waals surface area (Å²) in [5.41, 5.74) is 3.37. The number of nitrogens with one attached hydrogen (secondary N) is 1. The highest BCUT2D eigenvalue weighted by molar-refractivity contribution is 5.91. The van der Waals surface area contributed by atoms with Gasteiger partial charge in [-0.1, -0.05) is 0 Å². The van der Waals surface area contributed by atoms with Gasteiger partial charge in [0.1, 0.15) is 17.1 Å². The molecule has 0 atom stereocenters. The first-order valence-corrected chi connectivity index (χ1v) is 8.59. The molecule has 0 aliphatic rings. The van der Waals surface area contributed by atoms with Crippen molar-refractivity contribution in [3.63, 3.8) is 0 Å². The van der Waals surface area contributed by atoms with Crippen molar-refractivity contribution in [1.82, 2.24) is 10.2 Å². The van der Waals surface area contributed by atoms with E-state index < -0.39 is 5.97 Å². The summed E-state index contributed by atoms with van der Waals surface area (Å²) in [6, 6.07) is 4.84.